The van der Waals surface area contributed by atoms with E-state index in [4.69, 9.17) is 53.5 Å². The van der Waals surface area contributed by atoms with E-state index in [2.05, 4.69) is 21.3 Å². The van der Waals surface area contributed by atoms with Gasteiger partial charge >= 0.3 is 30.2 Å². The molecule has 0 spiro atoms. The summed E-state index contributed by atoms with van der Waals surface area (Å²) in [4.78, 5) is 152. The summed E-state index contributed by atoms with van der Waals surface area (Å²) in [5.41, 5.74) is 7.60. The molecule has 1 fully saturated rings. The first-order valence-electron chi connectivity index (χ1n) is 31.4. The summed E-state index contributed by atoms with van der Waals surface area (Å²) >= 11 is 0. The van der Waals surface area contributed by atoms with Gasteiger partial charge in [0.2, 0.25) is 17.7 Å². The van der Waals surface area contributed by atoms with Crippen LogP contribution in [0.15, 0.2) is 53.3 Å². The maximum Gasteiger partial charge on any atom is 0.415 e. The molecule has 3 aliphatic heterocycles. The fraction of sp³-hybridized carbons (Fsp3) is 0.531. The maximum atomic E-state index is 13.8. The minimum atomic E-state index is -1.96. The molecule has 2 aromatic carbocycles. The van der Waals surface area contributed by atoms with Gasteiger partial charge in [0.05, 0.1) is 102 Å². The maximum absolute atomic E-state index is 13.8. The fourth-order valence-corrected chi connectivity index (χ4v) is 10.4. The molecule has 31 heteroatoms. The number of nitrogens with one attached hydrogen (secondary N) is 4. The summed E-state index contributed by atoms with van der Waals surface area (Å²) in [6, 6.07) is 10.3. The Bertz CT molecular complexity index is 3470. The molecule has 7 rings (SSSR count). The van der Waals surface area contributed by atoms with E-state index >= 15 is 0 Å². The standard InChI is InChI=1S/C64H84N10O21/c1-7-43-44-34-42(15-16-48(44)68-56-45(43)36-73-50(56)35-47-46(59(73)81)38-92-60(82)64(47,86)8-2)94-63(85)72(6)23-22-71(5)62(84)93-37-40-11-13-41(14-12-40)67-57(79)49(10-9-21-66-61(65)83)69-58(80)55(39(3)4)70-51(75)19-24-87-26-28-89-30-32-91-33-31-90-29-27-88-25-20-54(78)95-74-52(76)17-18-53(74)77/h11-16,34-35,39,49,55,86H,7-10,17-33,36-38H2,1-6H3,(H,67,79)(H,69,80)(H,70,75)(H3,65,66,83)/t49-,55-,64-/m0/s1. The summed E-state index contributed by atoms with van der Waals surface area (Å²) in [7, 11) is 3.04. The Morgan fingerprint density at radius 2 is 1.37 bits per heavy atom. The molecule has 9 amide bonds. The van der Waals surface area contributed by atoms with Crippen LogP contribution in [0.4, 0.5) is 20.1 Å². The first-order chi connectivity index (χ1) is 45.5. The number of rotatable bonds is 37. The number of hydroxylamine groups is 2. The van der Waals surface area contributed by atoms with E-state index in [9.17, 15) is 57.8 Å². The Balaban J connectivity index is 0.777. The highest BCUT2D eigenvalue weighted by atomic mass is 16.7. The Morgan fingerprint density at radius 1 is 0.758 bits per heavy atom. The van der Waals surface area contributed by atoms with Crippen molar-refractivity contribution < 1.29 is 95.8 Å². The molecule has 3 aliphatic rings. The number of fused-ring (bicyclic) bond motifs is 5. The molecule has 7 N–H and O–H groups in total. The lowest BCUT2D eigenvalue weighted by Crippen LogP contribution is -2.54. The van der Waals surface area contributed by atoms with Crippen LogP contribution in [-0.2, 0) is 103 Å². The molecule has 0 unspecified atom stereocenters. The van der Waals surface area contributed by atoms with Crippen LogP contribution in [-0.4, -0.2) is 201 Å². The number of urea groups is 1. The summed E-state index contributed by atoms with van der Waals surface area (Å²) < 4.78 is 45.3. The van der Waals surface area contributed by atoms with Crippen molar-refractivity contribution in [3.8, 4) is 17.1 Å². The Hall–Kier alpha value is -9.14. The van der Waals surface area contributed by atoms with Crippen LogP contribution < -0.4 is 37.3 Å². The monoisotopic (exact) mass is 1330 g/mol. The zero-order valence-corrected chi connectivity index (χ0v) is 54.2. The SMILES string of the molecule is CCc1c2c(nc3ccc(OC(=O)N(C)CCN(C)C(=O)OCc4ccc(NC(=O)[C@H](CCCNC(N)=O)NC(=O)[C@@H](NC(=O)CCOCCOCCOCCOCCOCCC(=O)ON5C(=O)CCC5=O)C(C)C)cc4)cc13)-c1cc3c(c(=O)n1C2)COC(=O)[C@]3(O)CC. The Morgan fingerprint density at radius 3 is 1.97 bits per heavy atom. The van der Waals surface area contributed by atoms with E-state index in [0.717, 1.165) is 16.5 Å². The molecular formula is C64H84N10O21. The lowest BCUT2D eigenvalue weighted by atomic mass is 9.86. The van der Waals surface area contributed by atoms with Crippen LogP contribution in [0.5, 0.6) is 5.75 Å². The number of nitrogens with two attached hydrogens (primary N) is 1. The van der Waals surface area contributed by atoms with Gasteiger partial charge in [0.25, 0.3) is 17.4 Å². The van der Waals surface area contributed by atoms with E-state index in [1.165, 1.54) is 23.9 Å². The fourth-order valence-electron chi connectivity index (χ4n) is 10.4. The van der Waals surface area contributed by atoms with Crippen molar-refractivity contribution in [3.63, 3.8) is 0 Å². The number of imide groups is 1. The van der Waals surface area contributed by atoms with Crippen molar-refractivity contribution in [1.29, 1.82) is 0 Å². The third kappa shape index (κ3) is 20.2. The topological polar surface area (TPSA) is 393 Å². The summed E-state index contributed by atoms with van der Waals surface area (Å²) in [5, 5.41) is 23.2. The number of amides is 9. The normalized spacial score (nSPS) is 15.3. The van der Waals surface area contributed by atoms with E-state index in [1.807, 2.05) is 6.92 Å². The number of aromatic nitrogens is 2. The van der Waals surface area contributed by atoms with Crippen molar-refractivity contribution >= 4 is 76.3 Å². The van der Waals surface area contributed by atoms with Crippen LogP contribution in [0.2, 0.25) is 0 Å². The molecule has 0 bridgehead atoms. The summed E-state index contributed by atoms with van der Waals surface area (Å²) in [6.45, 7) is 9.35. The second kappa shape index (κ2) is 35.4. The van der Waals surface area contributed by atoms with Gasteiger partial charge in [-0.15, -0.1) is 5.06 Å². The highest BCUT2D eigenvalue weighted by molar-refractivity contribution is 6.02. The number of anilines is 1. The quantitative estimate of drug-likeness (QED) is 0.0189. The second-order valence-corrected chi connectivity index (χ2v) is 22.9. The molecule has 3 atom stereocenters. The highest BCUT2D eigenvalue weighted by Crippen LogP contribution is 2.41. The Labute approximate surface area is 547 Å². The molecule has 31 nitrogen and oxygen atoms in total. The molecule has 4 aromatic rings. The molecular weight excluding hydrogens is 1240 g/mol. The zero-order valence-electron chi connectivity index (χ0n) is 54.2. The number of aryl methyl sites for hydroxylation is 1. The molecule has 95 heavy (non-hydrogen) atoms. The van der Waals surface area contributed by atoms with Gasteiger partial charge < -0.3 is 89.2 Å². The number of hydrogen-bond acceptors (Lipinski definition) is 22. The number of carbonyl (C=O) groups excluding carboxylic acids is 10. The number of pyridine rings is 2. The number of aliphatic hydroxyl groups is 1. The number of nitrogens with zero attached hydrogens (tertiary/aromatic N) is 5. The second-order valence-electron chi connectivity index (χ2n) is 22.9. The van der Waals surface area contributed by atoms with Crippen LogP contribution in [0.3, 0.4) is 0 Å². The predicted octanol–water partition coefficient (Wildman–Crippen LogP) is 2.82. The third-order valence-corrected chi connectivity index (χ3v) is 15.8. The smallest absolute Gasteiger partial charge is 0.415 e. The van der Waals surface area contributed by atoms with E-state index < -0.39 is 77.4 Å². The van der Waals surface area contributed by atoms with E-state index in [-0.39, 0.29) is 159 Å². The zero-order chi connectivity index (χ0) is 68.8. The van der Waals surface area contributed by atoms with Gasteiger partial charge in [-0.2, -0.15) is 0 Å². The average molecular weight is 1330 g/mol. The number of primary amides is 1. The van der Waals surface area contributed by atoms with E-state index in [0.29, 0.717) is 59.5 Å². The minimum absolute atomic E-state index is 0.0162. The van der Waals surface area contributed by atoms with Crippen molar-refractivity contribution in [2.45, 2.75) is 117 Å². The number of likely N-dealkylation sites (N-methyl/N-ethyl adjacent to an activating group) is 2. The van der Waals surface area contributed by atoms with Crippen LogP contribution in [0, 0.1) is 5.92 Å². The molecule has 0 aliphatic carbocycles. The number of esters is 1. The highest BCUT2D eigenvalue weighted by Gasteiger charge is 2.46. The van der Waals surface area contributed by atoms with Crippen LogP contribution in [0.1, 0.15) is 100 Å². The minimum Gasteiger partial charge on any atom is -0.458 e. The van der Waals surface area contributed by atoms with Gasteiger partial charge in [-0.1, -0.05) is 39.8 Å². The van der Waals surface area contributed by atoms with Crippen molar-refractivity contribution in [2.75, 3.05) is 105 Å². The lowest BCUT2D eigenvalue weighted by Gasteiger charge is -2.31. The van der Waals surface area contributed by atoms with Crippen molar-refractivity contribution in [1.82, 2.24) is 40.4 Å². The Kier molecular flexibility index (Phi) is 27.3. The summed E-state index contributed by atoms with van der Waals surface area (Å²) in [5.74, 6) is -4.44. The van der Waals surface area contributed by atoms with E-state index in [1.54, 1.807) is 73.9 Å². The van der Waals surface area contributed by atoms with Crippen LogP contribution >= 0.6 is 0 Å². The first-order valence-corrected chi connectivity index (χ1v) is 31.4. The summed E-state index contributed by atoms with van der Waals surface area (Å²) in [6.07, 6.45) is -0.600. The average Bonchev–Trinajstić information content (AvgIpc) is 1.62. The van der Waals surface area contributed by atoms with Crippen molar-refractivity contribution in [3.05, 3.63) is 86.7 Å². The van der Waals surface area contributed by atoms with Crippen molar-refractivity contribution in [2.24, 2.45) is 11.7 Å². The number of benzene rings is 2. The van der Waals surface area contributed by atoms with Gasteiger partial charge in [-0.3, -0.25) is 28.8 Å². The predicted molar refractivity (Wildman–Crippen MR) is 336 cm³/mol. The molecule has 0 saturated carbocycles. The number of cyclic esters (lactones) is 1. The largest absolute Gasteiger partial charge is 0.458 e. The van der Waals surface area contributed by atoms with Gasteiger partial charge in [0.1, 0.15) is 31.0 Å². The lowest BCUT2D eigenvalue weighted by molar-refractivity contribution is -0.198. The number of hydrogen-bond donors (Lipinski definition) is 6. The van der Waals surface area contributed by atoms with Gasteiger partial charge in [0, 0.05) is 75.2 Å². The van der Waals surface area contributed by atoms with Gasteiger partial charge in [-0.25, -0.2) is 29.0 Å². The molecule has 516 valence electrons. The molecule has 0 radical (unpaired) electrons. The number of carbonyl (C=O) groups is 10. The molecule has 2 aromatic heterocycles. The third-order valence-electron chi connectivity index (χ3n) is 15.8. The first kappa shape index (κ1) is 73.3. The molecule has 5 heterocycles. The number of ether oxygens (including phenoxy) is 8. The van der Waals surface area contributed by atoms with Crippen LogP contribution in [0.25, 0.3) is 22.3 Å². The van der Waals surface area contributed by atoms with Gasteiger partial charge in [0.15, 0.2) is 5.60 Å². The molecule has 1 saturated heterocycles. The van der Waals surface area contributed by atoms with Gasteiger partial charge in [-0.05, 0) is 79.1 Å².